The van der Waals surface area contributed by atoms with Crippen LogP contribution in [0.5, 0.6) is 0 Å². The van der Waals surface area contributed by atoms with Gasteiger partial charge in [-0.3, -0.25) is 0 Å². The van der Waals surface area contributed by atoms with Crippen molar-refractivity contribution in [2.45, 2.75) is 38.4 Å². The average Bonchev–Trinajstić information content (AvgIpc) is 3.44. The van der Waals surface area contributed by atoms with Crippen molar-refractivity contribution >= 4 is 11.6 Å². The van der Waals surface area contributed by atoms with E-state index in [9.17, 15) is 18.4 Å². The smallest absolute Gasteiger partial charge is 0.416 e. The van der Waals surface area contributed by atoms with Crippen LogP contribution < -0.4 is 0 Å². The third-order valence-electron chi connectivity index (χ3n) is 5.95. The number of aromatic nitrogens is 4. The molecular formula is C24H17ClF3N5O. The predicted octanol–water partition coefficient (Wildman–Crippen LogP) is 6.38. The molecule has 34 heavy (non-hydrogen) atoms. The molecule has 0 bridgehead atoms. The second kappa shape index (κ2) is 8.29. The van der Waals surface area contributed by atoms with Crippen molar-refractivity contribution in [1.29, 1.82) is 5.26 Å². The average molecular weight is 484 g/mol. The minimum absolute atomic E-state index is 0.0279. The van der Waals surface area contributed by atoms with Gasteiger partial charge >= 0.3 is 6.18 Å². The molecule has 0 spiro atoms. The van der Waals surface area contributed by atoms with Crippen LogP contribution in [0, 0.1) is 18.3 Å². The molecule has 1 aliphatic heterocycles. The number of nitriles is 1. The van der Waals surface area contributed by atoms with E-state index in [1.807, 2.05) is 4.57 Å². The van der Waals surface area contributed by atoms with E-state index in [4.69, 9.17) is 16.0 Å². The Balaban J connectivity index is 1.57. The second-order valence-electron chi connectivity index (χ2n) is 8.07. The van der Waals surface area contributed by atoms with Gasteiger partial charge in [0.25, 0.3) is 0 Å². The van der Waals surface area contributed by atoms with Crippen LogP contribution in [-0.2, 0) is 12.7 Å². The second-order valence-corrected chi connectivity index (χ2v) is 8.51. The first kappa shape index (κ1) is 22.2. The number of hydrogen-bond acceptors (Lipinski definition) is 5. The maximum absolute atomic E-state index is 13.7. The zero-order valence-corrected chi connectivity index (χ0v) is 18.7. The third-order valence-corrected chi connectivity index (χ3v) is 6.18. The van der Waals surface area contributed by atoms with Gasteiger partial charge in [0.2, 0.25) is 0 Å². The molecule has 1 unspecified atom stereocenters. The number of halogens is 4. The highest BCUT2D eigenvalue weighted by Crippen LogP contribution is 2.42. The fourth-order valence-corrected chi connectivity index (χ4v) is 4.61. The maximum Gasteiger partial charge on any atom is 0.416 e. The summed E-state index contributed by atoms with van der Waals surface area (Å²) >= 11 is 5.86. The molecular weight excluding hydrogens is 467 g/mol. The summed E-state index contributed by atoms with van der Waals surface area (Å²) in [7, 11) is 0. The third kappa shape index (κ3) is 3.84. The van der Waals surface area contributed by atoms with Crippen LogP contribution in [0.25, 0.3) is 22.7 Å². The lowest BCUT2D eigenvalue weighted by atomic mass is 9.87. The summed E-state index contributed by atoms with van der Waals surface area (Å²) in [6.07, 6.45) is -1.82. The summed E-state index contributed by atoms with van der Waals surface area (Å²) in [5, 5.41) is 18.3. The van der Waals surface area contributed by atoms with Gasteiger partial charge in [-0.05, 0) is 42.7 Å². The van der Waals surface area contributed by atoms with E-state index in [0.29, 0.717) is 59.4 Å². The molecule has 3 heterocycles. The molecule has 1 aliphatic rings. The Labute approximate surface area is 197 Å². The molecule has 10 heteroatoms. The van der Waals surface area contributed by atoms with E-state index in [2.05, 4.69) is 21.3 Å². The molecule has 5 rings (SSSR count). The van der Waals surface area contributed by atoms with Gasteiger partial charge in [-0.15, -0.1) is 10.2 Å². The van der Waals surface area contributed by atoms with Gasteiger partial charge in [0, 0.05) is 35.5 Å². The van der Waals surface area contributed by atoms with E-state index in [1.165, 1.54) is 12.1 Å². The van der Waals surface area contributed by atoms with Crippen LogP contribution in [0.3, 0.4) is 0 Å². The van der Waals surface area contributed by atoms with Crippen molar-refractivity contribution < 1.29 is 17.6 Å². The molecule has 0 N–H and O–H groups in total. The number of rotatable bonds is 3. The Kier molecular flexibility index (Phi) is 5.41. The van der Waals surface area contributed by atoms with Crippen molar-refractivity contribution in [2.24, 2.45) is 0 Å². The normalized spacial score (nSPS) is 15.7. The Morgan fingerprint density at radius 1 is 1.18 bits per heavy atom. The summed E-state index contributed by atoms with van der Waals surface area (Å²) in [4.78, 5) is 4.07. The van der Waals surface area contributed by atoms with E-state index >= 15 is 0 Å². The number of hydrogen-bond donors (Lipinski definition) is 0. The minimum atomic E-state index is -4.54. The predicted molar refractivity (Wildman–Crippen MR) is 118 cm³/mol. The molecule has 1 atom stereocenters. The molecule has 2 aromatic heterocycles. The largest absolute Gasteiger partial charge is 0.441 e. The van der Waals surface area contributed by atoms with E-state index < -0.39 is 17.7 Å². The molecule has 0 fully saturated rings. The molecule has 2 aromatic carbocycles. The van der Waals surface area contributed by atoms with Crippen molar-refractivity contribution in [1.82, 2.24) is 19.7 Å². The topological polar surface area (TPSA) is 80.5 Å². The van der Waals surface area contributed by atoms with E-state index in [-0.39, 0.29) is 10.6 Å². The lowest BCUT2D eigenvalue weighted by Gasteiger charge is -2.26. The van der Waals surface area contributed by atoms with Gasteiger partial charge < -0.3 is 8.98 Å². The molecule has 0 saturated carbocycles. The van der Waals surface area contributed by atoms with Crippen LogP contribution in [-0.4, -0.2) is 19.7 Å². The van der Waals surface area contributed by atoms with Gasteiger partial charge in [-0.1, -0.05) is 23.7 Å². The van der Waals surface area contributed by atoms with Crippen molar-refractivity contribution in [2.75, 3.05) is 0 Å². The molecule has 4 aromatic rings. The van der Waals surface area contributed by atoms with Gasteiger partial charge in [0.05, 0.1) is 23.4 Å². The van der Waals surface area contributed by atoms with Crippen molar-refractivity contribution in [3.8, 4) is 28.8 Å². The fourth-order valence-electron chi connectivity index (χ4n) is 4.44. The Morgan fingerprint density at radius 3 is 2.71 bits per heavy atom. The lowest BCUT2D eigenvalue weighted by Crippen LogP contribution is -2.21. The molecule has 0 saturated heterocycles. The number of alkyl halides is 3. The zero-order valence-electron chi connectivity index (χ0n) is 17.9. The van der Waals surface area contributed by atoms with Gasteiger partial charge in [-0.2, -0.15) is 18.4 Å². The Hall–Kier alpha value is -3.64. The van der Waals surface area contributed by atoms with Crippen molar-refractivity contribution in [3.05, 3.63) is 76.0 Å². The van der Waals surface area contributed by atoms with E-state index in [0.717, 1.165) is 6.07 Å². The number of fused-ring (bicyclic) bond motifs is 1. The van der Waals surface area contributed by atoms with E-state index in [1.54, 1.807) is 31.3 Å². The standard InChI is InChI=1S/C24H17ClF3N5O/c1-13-30-12-21(34-13)17-6-4-14(9-15(17)11-29)22-31-32-23-19(3-2-8-33(22)23)18-7-5-16(25)10-20(18)24(26,27)28/h4-7,9-10,12,19H,2-3,8H2,1H3. The highest BCUT2D eigenvalue weighted by atomic mass is 35.5. The fraction of sp³-hybridized carbons (Fsp3) is 0.250. The van der Waals surface area contributed by atoms with Gasteiger partial charge in [-0.25, -0.2) is 4.98 Å². The molecule has 0 aliphatic carbocycles. The monoisotopic (exact) mass is 483 g/mol. The quantitative estimate of drug-likeness (QED) is 0.338. The summed E-state index contributed by atoms with van der Waals surface area (Å²) < 4.78 is 48.6. The first-order valence-corrected chi connectivity index (χ1v) is 10.9. The number of oxazole rings is 1. The highest BCUT2D eigenvalue weighted by molar-refractivity contribution is 6.30. The highest BCUT2D eigenvalue weighted by Gasteiger charge is 2.38. The molecule has 172 valence electrons. The SMILES string of the molecule is Cc1ncc(-c2ccc(-c3nnc4n3CCCC4c3ccc(Cl)cc3C(F)(F)F)cc2C#N)o1. The molecule has 0 radical (unpaired) electrons. The first-order valence-electron chi connectivity index (χ1n) is 10.5. The van der Waals surface area contributed by atoms with Crippen LogP contribution >= 0.6 is 11.6 Å². The first-order chi connectivity index (χ1) is 16.3. The lowest BCUT2D eigenvalue weighted by molar-refractivity contribution is -0.138. The zero-order chi connectivity index (χ0) is 24.0. The number of nitrogens with zero attached hydrogens (tertiary/aromatic N) is 5. The number of benzene rings is 2. The molecule has 0 amide bonds. The minimum Gasteiger partial charge on any atom is -0.441 e. The summed E-state index contributed by atoms with van der Waals surface area (Å²) in [5.41, 5.74) is 0.977. The summed E-state index contributed by atoms with van der Waals surface area (Å²) in [6.45, 7) is 2.28. The van der Waals surface area contributed by atoms with Gasteiger partial charge in [0.1, 0.15) is 5.82 Å². The van der Waals surface area contributed by atoms with Crippen LogP contribution in [0.15, 0.2) is 47.0 Å². The maximum atomic E-state index is 13.7. The van der Waals surface area contributed by atoms with Crippen LogP contribution in [0.2, 0.25) is 5.02 Å². The van der Waals surface area contributed by atoms with Crippen LogP contribution in [0.1, 0.15) is 47.2 Å². The van der Waals surface area contributed by atoms with Crippen molar-refractivity contribution in [3.63, 3.8) is 0 Å². The summed E-state index contributed by atoms with van der Waals surface area (Å²) in [6, 6.07) is 11.2. The van der Waals surface area contributed by atoms with Gasteiger partial charge in [0.15, 0.2) is 17.5 Å². The Morgan fingerprint density at radius 2 is 2.00 bits per heavy atom. The van der Waals surface area contributed by atoms with Crippen LogP contribution in [0.4, 0.5) is 13.2 Å². The Bertz CT molecular complexity index is 1430. The summed E-state index contributed by atoms with van der Waals surface area (Å²) in [5.74, 6) is 1.35. The number of aryl methyl sites for hydroxylation is 1. The molecule has 6 nitrogen and oxygen atoms in total.